The van der Waals surface area contributed by atoms with Crippen LogP contribution in [0.15, 0.2) is 42.5 Å². The highest BCUT2D eigenvalue weighted by Crippen LogP contribution is 2.23. The van der Waals surface area contributed by atoms with Gasteiger partial charge in [-0.15, -0.1) is 0 Å². The molecule has 2 rings (SSSR count). The van der Waals surface area contributed by atoms with Crippen molar-refractivity contribution in [3.8, 4) is 0 Å². The van der Waals surface area contributed by atoms with E-state index in [1.807, 2.05) is 0 Å². The number of anilines is 1. The topological polar surface area (TPSA) is 24.1 Å². The van der Waals surface area contributed by atoms with Crippen molar-refractivity contribution in [3.63, 3.8) is 0 Å². The number of halogens is 2. The lowest BCUT2D eigenvalue weighted by Gasteiger charge is -2.18. The van der Waals surface area contributed by atoms with E-state index in [-0.39, 0.29) is 6.04 Å². The molecule has 2 aromatic carbocycles. The molecule has 0 heterocycles. The van der Waals surface area contributed by atoms with Gasteiger partial charge in [-0.05, 0) is 54.4 Å². The summed E-state index contributed by atoms with van der Waals surface area (Å²) in [5.74, 6) is 0.530. The number of hydrogen-bond donors (Lipinski definition) is 2. The van der Waals surface area contributed by atoms with Gasteiger partial charge >= 0.3 is 0 Å². The molecule has 0 radical (unpaired) electrons. The first-order valence-corrected chi connectivity index (χ1v) is 8.65. The van der Waals surface area contributed by atoms with Gasteiger partial charge in [-0.25, -0.2) is 0 Å². The molecule has 0 saturated carbocycles. The van der Waals surface area contributed by atoms with E-state index in [4.69, 9.17) is 35.4 Å². The van der Waals surface area contributed by atoms with Crippen LogP contribution in [0.25, 0.3) is 0 Å². The van der Waals surface area contributed by atoms with E-state index in [1.165, 1.54) is 11.1 Å². The fourth-order valence-electron chi connectivity index (χ4n) is 2.24. The molecular weight excluding hydrogens is 347 g/mol. The van der Waals surface area contributed by atoms with E-state index in [2.05, 4.69) is 55.7 Å². The van der Waals surface area contributed by atoms with Crippen LogP contribution < -0.4 is 10.6 Å². The fourth-order valence-corrected chi connectivity index (χ4v) is 3.06. The summed E-state index contributed by atoms with van der Waals surface area (Å²) in [6, 6.07) is 13.9. The Hall–Kier alpha value is -1.29. The molecule has 23 heavy (non-hydrogen) atoms. The highest BCUT2D eigenvalue weighted by atomic mass is 35.5. The summed E-state index contributed by atoms with van der Waals surface area (Å²) >= 11 is 17.3. The number of nitrogens with one attached hydrogen (secondary N) is 2. The van der Waals surface area contributed by atoms with Crippen molar-refractivity contribution in [2.24, 2.45) is 0 Å². The smallest absolute Gasteiger partial charge is 0.171 e. The molecule has 0 amide bonds. The van der Waals surface area contributed by atoms with E-state index < -0.39 is 0 Å². The summed E-state index contributed by atoms with van der Waals surface area (Å²) in [5, 5.41) is 8.04. The van der Waals surface area contributed by atoms with E-state index in [9.17, 15) is 0 Å². The van der Waals surface area contributed by atoms with Gasteiger partial charge in [0.1, 0.15) is 0 Å². The molecule has 122 valence electrons. The maximum atomic E-state index is 5.99. The van der Waals surface area contributed by atoms with Crippen LogP contribution in [0.1, 0.15) is 43.9 Å². The molecular formula is C18H20Cl2N2S. The second-order valence-electron chi connectivity index (χ2n) is 5.80. The standard InChI is InChI=1S/C18H20Cl2N2S/c1-11(2)13-4-6-14(7-5-13)12(3)21-18(23)22-17-9-15(19)8-16(20)10-17/h4-12H,1-3H3,(H2,21,22,23). The van der Waals surface area contributed by atoms with Gasteiger partial charge in [-0.3, -0.25) is 0 Å². The zero-order valence-electron chi connectivity index (χ0n) is 13.4. The normalized spacial score (nSPS) is 12.1. The molecule has 0 aliphatic carbocycles. The van der Waals surface area contributed by atoms with Crippen LogP contribution in [0.2, 0.25) is 10.0 Å². The summed E-state index contributed by atoms with van der Waals surface area (Å²) in [4.78, 5) is 0. The molecule has 1 atom stereocenters. The van der Waals surface area contributed by atoms with E-state index >= 15 is 0 Å². The van der Waals surface area contributed by atoms with Crippen LogP contribution >= 0.6 is 35.4 Å². The zero-order valence-corrected chi connectivity index (χ0v) is 15.7. The third-order valence-electron chi connectivity index (χ3n) is 3.57. The monoisotopic (exact) mass is 366 g/mol. The maximum Gasteiger partial charge on any atom is 0.171 e. The van der Waals surface area contributed by atoms with Crippen LogP contribution in [0.3, 0.4) is 0 Å². The van der Waals surface area contributed by atoms with Crippen molar-refractivity contribution in [2.75, 3.05) is 5.32 Å². The van der Waals surface area contributed by atoms with Gasteiger partial charge in [0.25, 0.3) is 0 Å². The number of hydrogen-bond acceptors (Lipinski definition) is 1. The average Bonchev–Trinajstić information content (AvgIpc) is 2.45. The molecule has 0 bridgehead atoms. The first-order chi connectivity index (χ1) is 10.8. The van der Waals surface area contributed by atoms with Crippen LogP contribution in [-0.2, 0) is 0 Å². The third kappa shape index (κ3) is 5.38. The van der Waals surface area contributed by atoms with Gasteiger partial charge in [-0.1, -0.05) is 61.3 Å². The van der Waals surface area contributed by atoms with Crippen molar-refractivity contribution >= 4 is 46.2 Å². The predicted octanol–water partition coefficient (Wildman–Crippen LogP) is 6.16. The lowest BCUT2D eigenvalue weighted by atomic mass is 10.00. The Morgan fingerprint density at radius 1 is 0.913 bits per heavy atom. The van der Waals surface area contributed by atoms with Crippen molar-refractivity contribution < 1.29 is 0 Å². The first kappa shape index (κ1) is 18.1. The van der Waals surface area contributed by atoms with Crippen molar-refractivity contribution in [3.05, 3.63) is 63.6 Å². The van der Waals surface area contributed by atoms with Gasteiger partial charge in [0.15, 0.2) is 5.11 Å². The summed E-state index contributed by atoms with van der Waals surface area (Å²) in [6.07, 6.45) is 0. The highest BCUT2D eigenvalue weighted by Gasteiger charge is 2.08. The Morgan fingerprint density at radius 2 is 1.43 bits per heavy atom. The van der Waals surface area contributed by atoms with Crippen molar-refractivity contribution in [1.29, 1.82) is 0 Å². The van der Waals surface area contributed by atoms with Crippen LogP contribution in [-0.4, -0.2) is 5.11 Å². The van der Waals surface area contributed by atoms with Crippen molar-refractivity contribution in [1.82, 2.24) is 5.32 Å². The van der Waals surface area contributed by atoms with Crippen LogP contribution in [0.5, 0.6) is 0 Å². The number of rotatable bonds is 4. The zero-order chi connectivity index (χ0) is 17.0. The summed E-state index contributed by atoms with van der Waals surface area (Å²) in [6.45, 7) is 6.45. The highest BCUT2D eigenvalue weighted by molar-refractivity contribution is 7.80. The van der Waals surface area contributed by atoms with E-state index in [0.717, 1.165) is 5.69 Å². The molecule has 5 heteroatoms. The molecule has 2 nitrogen and oxygen atoms in total. The van der Waals surface area contributed by atoms with E-state index in [1.54, 1.807) is 18.2 Å². The largest absolute Gasteiger partial charge is 0.356 e. The molecule has 0 aliphatic rings. The molecule has 0 spiro atoms. The Labute approximate surface area is 153 Å². The molecule has 2 aromatic rings. The molecule has 0 aromatic heterocycles. The molecule has 0 saturated heterocycles. The quantitative estimate of drug-likeness (QED) is 0.633. The third-order valence-corrected chi connectivity index (χ3v) is 4.23. The molecule has 2 N–H and O–H groups in total. The van der Waals surface area contributed by atoms with Crippen LogP contribution in [0.4, 0.5) is 5.69 Å². The molecule has 0 aliphatic heterocycles. The predicted molar refractivity (Wildman–Crippen MR) is 105 cm³/mol. The van der Waals surface area contributed by atoms with E-state index in [0.29, 0.717) is 21.1 Å². The summed E-state index contributed by atoms with van der Waals surface area (Å²) in [7, 11) is 0. The SMILES string of the molecule is CC(C)c1ccc(C(C)NC(=S)Nc2cc(Cl)cc(Cl)c2)cc1. The maximum absolute atomic E-state index is 5.99. The minimum atomic E-state index is 0.103. The van der Waals surface area contributed by atoms with Gasteiger partial charge in [0.05, 0.1) is 6.04 Å². The van der Waals surface area contributed by atoms with Gasteiger partial charge < -0.3 is 10.6 Å². The van der Waals surface area contributed by atoms with Crippen LogP contribution in [0, 0.1) is 0 Å². The fraction of sp³-hybridized carbons (Fsp3) is 0.278. The second kappa shape index (κ2) is 8.00. The van der Waals surface area contributed by atoms with Gasteiger partial charge in [-0.2, -0.15) is 0 Å². The van der Waals surface area contributed by atoms with Gasteiger partial charge in [0, 0.05) is 15.7 Å². The van der Waals surface area contributed by atoms with Crippen molar-refractivity contribution in [2.45, 2.75) is 32.7 Å². The lowest BCUT2D eigenvalue weighted by molar-refractivity contribution is 0.721. The number of thiocarbonyl (C=S) groups is 1. The Kier molecular flexibility index (Phi) is 6.28. The van der Waals surface area contributed by atoms with Gasteiger partial charge in [0.2, 0.25) is 0 Å². The molecule has 1 unspecified atom stereocenters. The number of benzene rings is 2. The first-order valence-electron chi connectivity index (χ1n) is 7.48. The second-order valence-corrected chi connectivity index (χ2v) is 7.08. The Morgan fingerprint density at radius 3 is 1.96 bits per heavy atom. The summed E-state index contributed by atoms with van der Waals surface area (Å²) in [5.41, 5.74) is 3.28. The minimum Gasteiger partial charge on any atom is -0.356 e. The minimum absolute atomic E-state index is 0.103. The Balaban J connectivity index is 1.98. The lowest BCUT2D eigenvalue weighted by Crippen LogP contribution is -2.30. The average molecular weight is 367 g/mol. The summed E-state index contributed by atoms with van der Waals surface area (Å²) < 4.78 is 0. The molecule has 0 fully saturated rings. The Bertz CT molecular complexity index is 664.